The average Bonchev–Trinajstić information content (AvgIpc) is 2.89. The summed E-state index contributed by atoms with van der Waals surface area (Å²) in [5, 5.41) is 2.94. The number of hydrogen-bond donors (Lipinski definition) is 1. The molecule has 1 aromatic carbocycles. The van der Waals surface area contributed by atoms with Crippen LogP contribution in [-0.2, 0) is 9.59 Å². The second-order valence-electron chi connectivity index (χ2n) is 6.65. The first-order chi connectivity index (χ1) is 13.4. The summed E-state index contributed by atoms with van der Waals surface area (Å²) in [6, 6.07) is 5.10. The predicted octanol–water partition coefficient (Wildman–Crippen LogP) is 2.34. The van der Waals surface area contributed by atoms with Crippen LogP contribution in [0.25, 0.3) is 0 Å². The number of imide groups is 1. The molecule has 0 aromatic heterocycles. The van der Waals surface area contributed by atoms with Gasteiger partial charge in [-0.25, -0.2) is 4.79 Å². The second-order valence-corrected chi connectivity index (χ2v) is 6.65. The maximum Gasteiger partial charge on any atom is 0.326 e. The van der Waals surface area contributed by atoms with Crippen molar-refractivity contribution in [3.8, 4) is 11.5 Å². The Morgan fingerprint density at radius 2 is 1.86 bits per heavy atom. The van der Waals surface area contributed by atoms with E-state index in [9.17, 15) is 14.4 Å². The van der Waals surface area contributed by atoms with Gasteiger partial charge in [0.2, 0.25) is 11.8 Å². The van der Waals surface area contributed by atoms with E-state index in [0.717, 1.165) is 5.56 Å². The van der Waals surface area contributed by atoms with Gasteiger partial charge in [-0.15, -0.1) is 0 Å². The predicted molar refractivity (Wildman–Crippen MR) is 104 cm³/mol. The molecular weight excluding hydrogens is 362 g/mol. The normalized spacial score (nSPS) is 15.0. The van der Waals surface area contributed by atoms with Crippen LogP contribution >= 0.6 is 0 Å². The van der Waals surface area contributed by atoms with Crippen LogP contribution in [0.3, 0.4) is 0 Å². The lowest BCUT2D eigenvalue weighted by Gasteiger charge is -2.18. The van der Waals surface area contributed by atoms with Crippen LogP contribution in [0, 0.1) is 0 Å². The van der Waals surface area contributed by atoms with Gasteiger partial charge in [-0.2, -0.15) is 0 Å². The van der Waals surface area contributed by atoms with Crippen molar-refractivity contribution in [3.63, 3.8) is 0 Å². The van der Waals surface area contributed by atoms with Crippen LogP contribution in [0.5, 0.6) is 11.5 Å². The Morgan fingerprint density at radius 1 is 1.18 bits per heavy atom. The Morgan fingerprint density at radius 3 is 2.46 bits per heavy atom. The summed E-state index contributed by atoms with van der Waals surface area (Å²) in [5.74, 6) is 0.973. The SMILES string of the molecule is CCOc1ccc([C@H](C)NC(=O)CCCN2C(=O)CN(C)C2=O)cc1OCC. The maximum atomic E-state index is 12.2. The molecule has 1 atom stereocenters. The molecule has 0 unspecified atom stereocenters. The fraction of sp³-hybridized carbons (Fsp3) is 0.550. The fourth-order valence-corrected chi connectivity index (χ4v) is 3.02. The molecule has 1 fully saturated rings. The lowest BCUT2D eigenvalue weighted by molar-refractivity contribution is -0.126. The number of amides is 4. The third-order valence-corrected chi connectivity index (χ3v) is 4.46. The van der Waals surface area contributed by atoms with Gasteiger partial charge in [-0.05, 0) is 44.9 Å². The van der Waals surface area contributed by atoms with Crippen molar-refractivity contribution in [2.75, 3.05) is 33.4 Å². The van der Waals surface area contributed by atoms with Crippen molar-refractivity contribution in [1.82, 2.24) is 15.1 Å². The first-order valence-corrected chi connectivity index (χ1v) is 9.61. The van der Waals surface area contributed by atoms with E-state index < -0.39 is 0 Å². The van der Waals surface area contributed by atoms with Gasteiger partial charge in [0.25, 0.3) is 0 Å². The molecule has 0 aliphatic carbocycles. The molecule has 8 nitrogen and oxygen atoms in total. The fourth-order valence-electron chi connectivity index (χ4n) is 3.02. The van der Waals surface area contributed by atoms with Crippen molar-refractivity contribution >= 4 is 17.8 Å². The topological polar surface area (TPSA) is 88.2 Å². The Labute approximate surface area is 165 Å². The van der Waals surface area contributed by atoms with Crippen molar-refractivity contribution in [2.24, 2.45) is 0 Å². The maximum absolute atomic E-state index is 12.2. The van der Waals surface area contributed by atoms with Gasteiger partial charge >= 0.3 is 6.03 Å². The van der Waals surface area contributed by atoms with Gasteiger partial charge in [-0.3, -0.25) is 14.5 Å². The van der Waals surface area contributed by atoms with Crippen molar-refractivity contribution in [1.29, 1.82) is 0 Å². The summed E-state index contributed by atoms with van der Waals surface area (Å²) >= 11 is 0. The summed E-state index contributed by atoms with van der Waals surface area (Å²) in [5.41, 5.74) is 0.909. The number of likely N-dealkylation sites (N-methyl/N-ethyl adjacent to an activating group) is 1. The number of urea groups is 1. The number of ether oxygens (including phenoxy) is 2. The molecule has 0 radical (unpaired) electrons. The van der Waals surface area contributed by atoms with Gasteiger partial charge in [0, 0.05) is 20.0 Å². The van der Waals surface area contributed by atoms with Crippen molar-refractivity contribution in [3.05, 3.63) is 23.8 Å². The summed E-state index contributed by atoms with van der Waals surface area (Å²) < 4.78 is 11.2. The van der Waals surface area contributed by atoms with E-state index in [4.69, 9.17) is 9.47 Å². The van der Waals surface area contributed by atoms with Gasteiger partial charge in [0.1, 0.15) is 6.54 Å². The Kier molecular flexibility index (Phi) is 7.66. The van der Waals surface area contributed by atoms with Gasteiger partial charge in [0.15, 0.2) is 11.5 Å². The molecule has 0 saturated carbocycles. The highest BCUT2D eigenvalue weighted by Gasteiger charge is 2.32. The molecule has 28 heavy (non-hydrogen) atoms. The van der Waals surface area contributed by atoms with E-state index in [1.165, 1.54) is 9.80 Å². The quantitative estimate of drug-likeness (QED) is 0.619. The van der Waals surface area contributed by atoms with Crippen LogP contribution < -0.4 is 14.8 Å². The Bertz CT molecular complexity index is 722. The van der Waals surface area contributed by atoms with Crippen LogP contribution in [-0.4, -0.2) is 61.0 Å². The minimum absolute atomic E-state index is 0.0992. The molecule has 1 aliphatic heterocycles. The number of nitrogens with one attached hydrogen (secondary N) is 1. The zero-order valence-electron chi connectivity index (χ0n) is 17.0. The summed E-state index contributed by atoms with van der Waals surface area (Å²) in [4.78, 5) is 38.4. The van der Waals surface area contributed by atoms with Crippen LogP contribution in [0.4, 0.5) is 4.79 Å². The number of hydrogen-bond acceptors (Lipinski definition) is 5. The molecule has 4 amide bonds. The lowest BCUT2D eigenvalue weighted by Crippen LogP contribution is -2.33. The molecule has 1 saturated heterocycles. The minimum atomic E-state index is -0.309. The minimum Gasteiger partial charge on any atom is -0.490 e. The standard InChI is InChI=1S/C20H29N3O5/c1-5-27-16-10-9-15(12-17(16)28-6-2)14(3)21-18(24)8-7-11-23-19(25)13-22(4)20(23)26/h9-10,12,14H,5-8,11,13H2,1-4H3,(H,21,24)/t14-/m0/s1. The monoisotopic (exact) mass is 391 g/mol. The molecule has 2 rings (SSSR count). The number of carbonyl (C=O) groups excluding carboxylic acids is 3. The molecule has 1 N–H and O–H groups in total. The van der Waals surface area contributed by atoms with Crippen LogP contribution in [0.1, 0.15) is 45.2 Å². The van der Waals surface area contributed by atoms with Crippen molar-refractivity contribution in [2.45, 2.75) is 39.7 Å². The summed E-state index contributed by atoms with van der Waals surface area (Å²) in [6.45, 7) is 7.13. The summed E-state index contributed by atoms with van der Waals surface area (Å²) in [6.07, 6.45) is 0.664. The van der Waals surface area contributed by atoms with E-state index in [-0.39, 0.29) is 43.4 Å². The number of carbonyl (C=O) groups is 3. The van der Waals surface area contributed by atoms with E-state index in [0.29, 0.717) is 31.1 Å². The molecule has 0 spiro atoms. The van der Waals surface area contributed by atoms with E-state index in [2.05, 4.69) is 5.32 Å². The zero-order chi connectivity index (χ0) is 20.7. The van der Waals surface area contributed by atoms with Crippen LogP contribution in [0.2, 0.25) is 0 Å². The van der Waals surface area contributed by atoms with Crippen LogP contribution in [0.15, 0.2) is 18.2 Å². The highest BCUT2D eigenvalue weighted by molar-refractivity contribution is 6.01. The third kappa shape index (κ3) is 5.37. The lowest BCUT2D eigenvalue weighted by atomic mass is 10.1. The number of nitrogens with zero attached hydrogens (tertiary/aromatic N) is 2. The van der Waals surface area contributed by atoms with Crippen molar-refractivity contribution < 1.29 is 23.9 Å². The average molecular weight is 391 g/mol. The molecular formula is C20H29N3O5. The zero-order valence-corrected chi connectivity index (χ0v) is 17.0. The van der Waals surface area contributed by atoms with Gasteiger partial charge < -0.3 is 19.7 Å². The Hall–Kier alpha value is -2.77. The molecule has 1 aromatic rings. The molecule has 8 heteroatoms. The third-order valence-electron chi connectivity index (χ3n) is 4.46. The Balaban J connectivity index is 1.87. The molecule has 1 heterocycles. The smallest absolute Gasteiger partial charge is 0.326 e. The van der Waals surface area contributed by atoms with E-state index in [1.54, 1.807) is 7.05 Å². The number of rotatable bonds is 10. The van der Waals surface area contributed by atoms with E-state index >= 15 is 0 Å². The molecule has 154 valence electrons. The first-order valence-electron chi connectivity index (χ1n) is 9.61. The van der Waals surface area contributed by atoms with E-state index in [1.807, 2.05) is 39.0 Å². The van der Waals surface area contributed by atoms with Gasteiger partial charge in [-0.1, -0.05) is 6.07 Å². The molecule has 0 bridgehead atoms. The second kappa shape index (κ2) is 9.96. The summed E-state index contributed by atoms with van der Waals surface area (Å²) in [7, 11) is 1.59. The largest absolute Gasteiger partial charge is 0.490 e. The first kappa shape index (κ1) is 21.5. The highest BCUT2D eigenvalue weighted by atomic mass is 16.5. The van der Waals surface area contributed by atoms with Gasteiger partial charge in [0.05, 0.1) is 19.3 Å². The molecule has 1 aliphatic rings. The highest BCUT2D eigenvalue weighted by Crippen LogP contribution is 2.30. The number of benzene rings is 1.